The van der Waals surface area contributed by atoms with Crippen LogP contribution in [0.3, 0.4) is 0 Å². The summed E-state index contributed by atoms with van der Waals surface area (Å²) in [6.07, 6.45) is 8.30. The highest BCUT2D eigenvalue weighted by molar-refractivity contribution is 5.89. The predicted octanol–water partition coefficient (Wildman–Crippen LogP) is 3.27. The highest BCUT2D eigenvalue weighted by Crippen LogP contribution is 2.25. The van der Waals surface area contributed by atoms with E-state index in [2.05, 4.69) is 0 Å². The average molecular weight is 345 g/mol. The van der Waals surface area contributed by atoms with Gasteiger partial charge in [-0.3, -0.25) is 4.79 Å². The number of likely N-dealkylation sites (tertiary alicyclic amines) is 1. The average Bonchev–Trinajstić information content (AvgIpc) is 3.13. The van der Waals surface area contributed by atoms with Crippen molar-refractivity contribution in [2.24, 2.45) is 0 Å². The largest absolute Gasteiger partial charge is 0.478 e. The third-order valence-corrected chi connectivity index (χ3v) is 5.34. The normalized spacial score (nSPS) is 19.3. The van der Waals surface area contributed by atoms with Crippen molar-refractivity contribution in [3.63, 3.8) is 0 Å². The monoisotopic (exact) mass is 345 g/mol. The zero-order valence-corrected chi connectivity index (χ0v) is 14.7. The SMILES string of the molecule is O=C(O)c1ccccc1CCC(=O)N1CCC(OC2CCCC2)CC1. The number of nitrogens with zero attached hydrogens (tertiary/aromatic N) is 1. The molecule has 0 spiro atoms. The number of hydrogen-bond donors (Lipinski definition) is 1. The summed E-state index contributed by atoms with van der Waals surface area (Å²) in [7, 11) is 0. The quantitative estimate of drug-likeness (QED) is 0.859. The number of amides is 1. The van der Waals surface area contributed by atoms with E-state index in [0.717, 1.165) is 31.5 Å². The van der Waals surface area contributed by atoms with Crippen LogP contribution in [0.2, 0.25) is 0 Å². The first-order valence-corrected chi connectivity index (χ1v) is 9.38. The van der Waals surface area contributed by atoms with Crippen LogP contribution in [0.5, 0.6) is 0 Å². The Labute approximate surface area is 149 Å². The Morgan fingerprint density at radius 3 is 2.36 bits per heavy atom. The van der Waals surface area contributed by atoms with Crippen LogP contribution < -0.4 is 0 Å². The Kier molecular flexibility index (Phi) is 6.08. The molecular formula is C20H27NO4. The molecule has 136 valence electrons. The summed E-state index contributed by atoms with van der Waals surface area (Å²) in [6, 6.07) is 6.91. The number of carbonyl (C=O) groups is 2. The minimum absolute atomic E-state index is 0.111. The number of piperidine rings is 1. The Morgan fingerprint density at radius 1 is 1.04 bits per heavy atom. The number of benzene rings is 1. The molecule has 1 saturated carbocycles. The van der Waals surface area contributed by atoms with Crippen molar-refractivity contribution < 1.29 is 19.4 Å². The van der Waals surface area contributed by atoms with Crippen LogP contribution >= 0.6 is 0 Å². The summed E-state index contributed by atoms with van der Waals surface area (Å²) < 4.78 is 6.15. The summed E-state index contributed by atoms with van der Waals surface area (Å²) in [5.74, 6) is -0.826. The first kappa shape index (κ1) is 17.9. The van der Waals surface area contributed by atoms with Crippen LogP contribution in [-0.4, -0.2) is 47.2 Å². The number of carbonyl (C=O) groups excluding carboxylic acids is 1. The molecular weight excluding hydrogens is 318 g/mol. The molecule has 2 aliphatic rings. The van der Waals surface area contributed by atoms with Crippen molar-refractivity contribution in [2.75, 3.05) is 13.1 Å². The van der Waals surface area contributed by atoms with Gasteiger partial charge in [0, 0.05) is 19.5 Å². The summed E-state index contributed by atoms with van der Waals surface area (Å²) in [4.78, 5) is 25.6. The van der Waals surface area contributed by atoms with Gasteiger partial charge in [-0.1, -0.05) is 31.0 Å². The maximum absolute atomic E-state index is 12.4. The number of rotatable bonds is 6. The fraction of sp³-hybridized carbons (Fsp3) is 0.600. The molecule has 25 heavy (non-hydrogen) atoms. The zero-order chi connectivity index (χ0) is 17.6. The van der Waals surface area contributed by atoms with Crippen molar-refractivity contribution in [2.45, 2.75) is 63.6 Å². The van der Waals surface area contributed by atoms with E-state index in [-0.39, 0.29) is 5.91 Å². The lowest BCUT2D eigenvalue weighted by Crippen LogP contribution is -2.41. The number of carboxylic acids is 1. The minimum atomic E-state index is -0.937. The first-order chi connectivity index (χ1) is 12.1. The fourth-order valence-electron chi connectivity index (χ4n) is 3.88. The molecule has 1 N–H and O–H groups in total. The molecule has 1 saturated heterocycles. The van der Waals surface area contributed by atoms with E-state index < -0.39 is 5.97 Å². The zero-order valence-electron chi connectivity index (χ0n) is 14.7. The molecule has 1 aliphatic carbocycles. The van der Waals surface area contributed by atoms with Gasteiger partial charge in [-0.25, -0.2) is 4.79 Å². The second-order valence-electron chi connectivity index (χ2n) is 7.08. The Hall–Kier alpha value is -1.88. The maximum Gasteiger partial charge on any atom is 0.335 e. The van der Waals surface area contributed by atoms with Gasteiger partial charge in [0.15, 0.2) is 0 Å². The summed E-state index contributed by atoms with van der Waals surface area (Å²) in [6.45, 7) is 1.49. The molecule has 1 heterocycles. The highest BCUT2D eigenvalue weighted by atomic mass is 16.5. The molecule has 0 aromatic heterocycles. The lowest BCUT2D eigenvalue weighted by Gasteiger charge is -2.33. The van der Waals surface area contributed by atoms with E-state index >= 15 is 0 Å². The number of ether oxygens (including phenoxy) is 1. The van der Waals surface area contributed by atoms with Gasteiger partial charge in [0.2, 0.25) is 5.91 Å². The van der Waals surface area contributed by atoms with Crippen molar-refractivity contribution in [3.05, 3.63) is 35.4 Å². The first-order valence-electron chi connectivity index (χ1n) is 9.38. The Morgan fingerprint density at radius 2 is 1.68 bits per heavy atom. The van der Waals surface area contributed by atoms with Crippen LogP contribution in [0.15, 0.2) is 24.3 Å². The van der Waals surface area contributed by atoms with Gasteiger partial charge < -0.3 is 14.7 Å². The lowest BCUT2D eigenvalue weighted by atomic mass is 10.0. The molecule has 5 nitrogen and oxygen atoms in total. The van der Waals surface area contributed by atoms with Crippen LogP contribution in [0.25, 0.3) is 0 Å². The molecule has 3 rings (SSSR count). The summed E-state index contributed by atoms with van der Waals surface area (Å²) in [5, 5.41) is 9.22. The van der Waals surface area contributed by atoms with E-state index in [1.807, 2.05) is 11.0 Å². The highest BCUT2D eigenvalue weighted by Gasteiger charge is 2.26. The minimum Gasteiger partial charge on any atom is -0.478 e. The van der Waals surface area contributed by atoms with Crippen molar-refractivity contribution >= 4 is 11.9 Å². The van der Waals surface area contributed by atoms with Crippen molar-refractivity contribution in [1.29, 1.82) is 0 Å². The van der Waals surface area contributed by atoms with Gasteiger partial charge in [-0.2, -0.15) is 0 Å². The number of carboxylic acid groups (broad SMARTS) is 1. The Bertz CT molecular complexity index is 601. The van der Waals surface area contributed by atoms with Crippen molar-refractivity contribution in [1.82, 2.24) is 4.90 Å². The molecule has 0 radical (unpaired) electrons. The number of aromatic carboxylic acids is 1. The molecule has 0 unspecified atom stereocenters. The van der Waals surface area contributed by atoms with E-state index in [9.17, 15) is 14.7 Å². The number of hydrogen-bond acceptors (Lipinski definition) is 3. The second kappa shape index (κ2) is 8.48. The molecule has 1 aliphatic heterocycles. The lowest BCUT2D eigenvalue weighted by molar-refractivity contribution is -0.134. The number of aryl methyl sites for hydroxylation is 1. The molecule has 1 aromatic rings. The van der Waals surface area contributed by atoms with Gasteiger partial charge in [-0.05, 0) is 43.7 Å². The van der Waals surface area contributed by atoms with E-state index in [4.69, 9.17) is 4.74 Å². The molecule has 1 amide bonds. The predicted molar refractivity (Wildman–Crippen MR) is 94.7 cm³/mol. The maximum atomic E-state index is 12.4. The van der Waals surface area contributed by atoms with Crippen LogP contribution in [0.4, 0.5) is 0 Å². The molecule has 0 bridgehead atoms. The van der Waals surface area contributed by atoms with E-state index in [0.29, 0.717) is 30.6 Å². The molecule has 1 aromatic carbocycles. The molecule has 2 fully saturated rings. The molecule has 5 heteroatoms. The standard InChI is InChI=1S/C20H27NO4/c22-19(10-9-15-5-1-4-8-18(15)20(23)24)21-13-11-17(12-14-21)25-16-6-2-3-7-16/h1,4-5,8,16-17H,2-3,6-7,9-14H2,(H,23,24). The van der Waals surface area contributed by atoms with E-state index in [1.54, 1.807) is 18.2 Å². The van der Waals surface area contributed by atoms with Crippen molar-refractivity contribution in [3.8, 4) is 0 Å². The Balaban J connectivity index is 1.44. The third kappa shape index (κ3) is 4.82. The van der Waals surface area contributed by atoms with Crippen LogP contribution in [0, 0.1) is 0 Å². The summed E-state index contributed by atoms with van der Waals surface area (Å²) >= 11 is 0. The smallest absolute Gasteiger partial charge is 0.335 e. The topological polar surface area (TPSA) is 66.8 Å². The van der Waals surface area contributed by atoms with Crippen LogP contribution in [0.1, 0.15) is 60.9 Å². The van der Waals surface area contributed by atoms with Gasteiger partial charge >= 0.3 is 5.97 Å². The third-order valence-electron chi connectivity index (χ3n) is 5.34. The van der Waals surface area contributed by atoms with E-state index in [1.165, 1.54) is 25.7 Å². The van der Waals surface area contributed by atoms with Gasteiger partial charge in [0.25, 0.3) is 0 Å². The van der Waals surface area contributed by atoms with Gasteiger partial charge in [-0.15, -0.1) is 0 Å². The van der Waals surface area contributed by atoms with Gasteiger partial charge in [0.1, 0.15) is 0 Å². The van der Waals surface area contributed by atoms with Crippen LogP contribution in [-0.2, 0) is 16.0 Å². The fourth-order valence-corrected chi connectivity index (χ4v) is 3.88. The second-order valence-corrected chi connectivity index (χ2v) is 7.08. The van der Waals surface area contributed by atoms with Gasteiger partial charge in [0.05, 0.1) is 17.8 Å². The molecule has 0 atom stereocenters. The summed E-state index contributed by atoms with van der Waals surface area (Å²) in [5.41, 5.74) is 1.02.